The van der Waals surface area contributed by atoms with E-state index in [2.05, 4.69) is 16.0 Å². The smallest absolute Gasteiger partial charge is 0.242 e. The Hall–Kier alpha value is -1.59. The third kappa shape index (κ3) is 3.99. The summed E-state index contributed by atoms with van der Waals surface area (Å²) in [6.45, 7) is 1.66. The fraction of sp³-hybridized carbons (Fsp3) is 0.857. The summed E-state index contributed by atoms with van der Waals surface area (Å²) in [6.07, 6.45) is 11.2. The van der Waals surface area contributed by atoms with Gasteiger partial charge in [-0.1, -0.05) is 12.8 Å². The Bertz CT molecular complexity index is 577. The zero-order valence-electron chi connectivity index (χ0n) is 16.4. The highest BCUT2D eigenvalue weighted by molar-refractivity contribution is 5.91. The summed E-state index contributed by atoms with van der Waals surface area (Å²) >= 11 is 0. The number of amides is 3. The molecule has 150 valence electrons. The Morgan fingerprint density at radius 3 is 2.07 bits per heavy atom. The van der Waals surface area contributed by atoms with Gasteiger partial charge in [-0.3, -0.25) is 14.4 Å². The molecular weight excluding hydrogens is 342 g/mol. The highest BCUT2D eigenvalue weighted by Crippen LogP contribution is 2.60. The van der Waals surface area contributed by atoms with Crippen molar-refractivity contribution in [2.24, 2.45) is 23.2 Å². The predicted molar refractivity (Wildman–Crippen MR) is 102 cm³/mol. The fourth-order valence-corrected chi connectivity index (χ4v) is 6.49. The summed E-state index contributed by atoms with van der Waals surface area (Å²) < 4.78 is 0. The minimum atomic E-state index is -0.574. The highest BCUT2D eigenvalue weighted by atomic mass is 16.2. The molecule has 0 saturated heterocycles. The van der Waals surface area contributed by atoms with E-state index < -0.39 is 6.04 Å². The molecule has 5 saturated carbocycles. The van der Waals surface area contributed by atoms with Crippen molar-refractivity contribution >= 4 is 17.7 Å². The summed E-state index contributed by atoms with van der Waals surface area (Å²) in [5.74, 6) is 1.74. The van der Waals surface area contributed by atoms with Gasteiger partial charge in [-0.2, -0.15) is 0 Å². The minimum Gasteiger partial charge on any atom is -0.352 e. The third-order valence-corrected chi connectivity index (χ3v) is 7.40. The number of carbonyl (C=O) groups excluding carboxylic acids is 3. The Morgan fingerprint density at radius 1 is 0.963 bits per heavy atom. The van der Waals surface area contributed by atoms with E-state index in [9.17, 15) is 14.4 Å². The first-order valence-corrected chi connectivity index (χ1v) is 10.8. The Kier molecular flexibility index (Phi) is 5.17. The summed E-state index contributed by atoms with van der Waals surface area (Å²) in [6, 6.07) is -0.331. The molecule has 5 fully saturated rings. The van der Waals surface area contributed by atoms with Gasteiger partial charge in [0, 0.05) is 11.5 Å². The van der Waals surface area contributed by atoms with Crippen molar-refractivity contribution in [3.8, 4) is 0 Å². The maximum Gasteiger partial charge on any atom is 0.242 e. The maximum atomic E-state index is 12.9. The number of nitrogens with one attached hydrogen (secondary N) is 3. The van der Waals surface area contributed by atoms with Crippen LogP contribution in [0.2, 0.25) is 0 Å². The monoisotopic (exact) mass is 375 g/mol. The van der Waals surface area contributed by atoms with Crippen LogP contribution in [-0.4, -0.2) is 36.3 Å². The van der Waals surface area contributed by atoms with E-state index in [4.69, 9.17) is 0 Å². The van der Waals surface area contributed by atoms with Gasteiger partial charge < -0.3 is 16.0 Å². The van der Waals surface area contributed by atoms with E-state index >= 15 is 0 Å². The van der Waals surface area contributed by atoms with Crippen molar-refractivity contribution in [1.29, 1.82) is 0 Å². The molecule has 1 atom stereocenters. The predicted octanol–water partition coefficient (Wildman–Crippen LogP) is 1.88. The lowest BCUT2D eigenvalue weighted by atomic mass is 9.49. The van der Waals surface area contributed by atoms with Crippen molar-refractivity contribution in [3.63, 3.8) is 0 Å². The molecule has 3 N–H and O–H groups in total. The van der Waals surface area contributed by atoms with Gasteiger partial charge in [-0.25, -0.2) is 0 Å². The van der Waals surface area contributed by atoms with Crippen LogP contribution in [0.4, 0.5) is 0 Å². The average Bonchev–Trinajstić information content (AvgIpc) is 3.11. The van der Waals surface area contributed by atoms with Crippen molar-refractivity contribution in [3.05, 3.63) is 0 Å². The van der Waals surface area contributed by atoms with Gasteiger partial charge in [-0.05, 0) is 76.0 Å². The molecule has 0 spiro atoms. The number of carbonyl (C=O) groups is 3. The van der Waals surface area contributed by atoms with Gasteiger partial charge in [0.2, 0.25) is 17.7 Å². The zero-order valence-corrected chi connectivity index (χ0v) is 16.4. The molecule has 0 aromatic carbocycles. The van der Waals surface area contributed by atoms with Crippen LogP contribution in [-0.2, 0) is 14.4 Å². The Labute approximate surface area is 161 Å². The first-order valence-electron chi connectivity index (χ1n) is 10.8. The lowest BCUT2D eigenvalue weighted by Crippen LogP contribution is -2.55. The van der Waals surface area contributed by atoms with Crippen molar-refractivity contribution in [1.82, 2.24) is 16.0 Å². The topological polar surface area (TPSA) is 87.3 Å². The fourth-order valence-electron chi connectivity index (χ4n) is 6.49. The first kappa shape index (κ1) is 18.8. The van der Waals surface area contributed by atoms with E-state index in [0.717, 1.165) is 44.9 Å². The summed E-state index contributed by atoms with van der Waals surface area (Å²) in [5.41, 5.74) is -0.236. The Balaban J connectivity index is 1.23. The van der Waals surface area contributed by atoms with Gasteiger partial charge in [0.05, 0.1) is 6.54 Å². The van der Waals surface area contributed by atoms with E-state index in [1.807, 2.05) is 0 Å². The van der Waals surface area contributed by atoms with Gasteiger partial charge >= 0.3 is 0 Å². The lowest BCUT2D eigenvalue weighted by Gasteiger charge is -2.55. The van der Waals surface area contributed by atoms with Crippen LogP contribution in [0.1, 0.15) is 71.1 Å². The van der Waals surface area contributed by atoms with Crippen LogP contribution in [0.25, 0.3) is 0 Å². The van der Waals surface area contributed by atoms with E-state index in [-0.39, 0.29) is 35.7 Å². The summed E-state index contributed by atoms with van der Waals surface area (Å²) in [5, 5.41) is 8.59. The van der Waals surface area contributed by atoms with E-state index in [1.165, 1.54) is 19.3 Å². The van der Waals surface area contributed by atoms with Crippen LogP contribution in [0.3, 0.4) is 0 Å². The second-order valence-electron chi connectivity index (χ2n) is 9.66. The highest BCUT2D eigenvalue weighted by Gasteiger charge is 2.54. The molecule has 6 heteroatoms. The van der Waals surface area contributed by atoms with Gasteiger partial charge in [0.1, 0.15) is 6.04 Å². The molecule has 0 unspecified atom stereocenters. The van der Waals surface area contributed by atoms with Gasteiger partial charge in [0.15, 0.2) is 0 Å². The standard InChI is InChI=1S/C21H33N3O3/c1-13(19(26)24-17-4-2-3-5-17)23-18(25)12-22-20(27)21-9-14-6-15(10-21)8-16(7-14)11-21/h13-17H,2-12H2,1H3,(H,22,27)(H,23,25)(H,24,26)/t13-,14?,15?,16?,21?/m1/s1. The normalized spacial score (nSPS) is 35.7. The van der Waals surface area contributed by atoms with Crippen LogP contribution >= 0.6 is 0 Å². The molecule has 5 rings (SSSR count). The maximum absolute atomic E-state index is 12.9. The SMILES string of the molecule is C[C@@H](NC(=O)CNC(=O)C12CC3CC(CC(C3)C1)C2)C(=O)NC1CCCC1. The van der Waals surface area contributed by atoms with Crippen molar-refractivity contribution in [2.45, 2.75) is 83.2 Å². The summed E-state index contributed by atoms with van der Waals surface area (Å²) in [4.78, 5) is 37.3. The molecule has 0 aliphatic heterocycles. The molecular formula is C21H33N3O3. The first-order chi connectivity index (χ1) is 12.9. The van der Waals surface area contributed by atoms with E-state index in [0.29, 0.717) is 17.8 Å². The largest absolute Gasteiger partial charge is 0.352 e. The molecule has 5 aliphatic rings. The number of hydrogen-bond acceptors (Lipinski definition) is 3. The third-order valence-electron chi connectivity index (χ3n) is 7.40. The molecule has 0 radical (unpaired) electrons. The van der Waals surface area contributed by atoms with Crippen LogP contribution in [0.15, 0.2) is 0 Å². The molecule has 4 bridgehead atoms. The van der Waals surface area contributed by atoms with Gasteiger partial charge in [-0.15, -0.1) is 0 Å². The summed E-state index contributed by atoms with van der Waals surface area (Å²) in [7, 11) is 0. The van der Waals surface area contributed by atoms with Crippen LogP contribution in [0, 0.1) is 23.2 Å². The molecule has 0 aromatic rings. The Morgan fingerprint density at radius 2 is 1.52 bits per heavy atom. The van der Waals surface area contributed by atoms with Crippen molar-refractivity contribution < 1.29 is 14.4 Å². The molecule has 27 heavy (non-hydrogen) atoms. The van der Waals surface area contributed by atoms with E-state index in [1.54, 1.807) is 6.92 Å². The molecule has 0 aromatic heterocycles. The second kappa shape index (κ2) is 7.44. The number of rotatable bonds is 6. The van der Waals surface area contributed by atoms with Crippen LogP contribution < -0.4 is 16.0 Å². The molecule has 3 amide bonds. The molecule has 5 aliphatic carbocycles. The average molecular weight is 376 g/mol. The van der Waals surface area contributed by atoms with Crippen LogP contribution in [0.5, 0.6) is 0 Å². The zero-order chi connectivity index (χ0) is 19.0. The second-order valence-corrected chi connectivity index (χ2v) is 9.66. The lowest BCUT2D eigenvalue weighted by molar-refractivity contribution is -0.147. The minimum absolute atomic E-state index is 0.0400. The van der Waals surface area contributed by atoms with Crippen molar-refractivity contribution in [2.75, 3.05) is 6.54 Å². The molecule has 0 heterocycles. The molecule has 6 nitrogen and oxygen atoms in total. The number of hydrogen-bond donors (Lipinski definition) is 3. The van der Waals surface area contributed by atoms with Gasteiger partial charge in [0.25, 0.3) is 0 Å². The quantitative estimate of drug-likeness (QED) is 0.662.